The summed E-state index contributed by atoms with van der Waals surface area (Å²) in [7, 11) is 0. The van der Waals surface area contributed by atoms with Crippen LogP contribution in [0.15, 0.2) is 0 Å². The largest absolute Gasteiger partial charge is 0.372 e. The van der Waals surface area contributed by atoms with Gasteiger partial charge in [-0.3, -0.25) is 4.79 Å². The highest BCUT2D eigenvalue weighted by Crippen LogP contribution is 1.89. The molecule has 0 saturated carbocycles. The van der Waals surface area contributed by atoms with Gasteiger partial charge in [0.15, 0.2) is 0 Å². The zero-order valence-electron chi connectivity index (χ0n) is 4.36. The summed E-state index contributed by atoms with van der Waals surface area (Å²) in [6.45, 7) is 2.91. The van der Waals surface area contributed by atoms with E-state index in [2.05, 4.69) is 0 Å². The molecule has 0 aliphatic heterocycles. The first-order valence-corrected chi connectivity index (χ1v) is 1.93. The number of nitrogens with one attached hydrogen (secondary N) is 1. The van der Waals surface area contributed by atoms with E-state index in [1.54, 1.807) is 0 Å². The maximum atomic E-state index is 9.42. The maximum absolute atomic E-state index is 9.42. The highest BCUT2D eigenvalue weighted by atomic mass is 16.3. The Balaban J connectivity index is 3.34. The molecular weight excluding hydrogens is 94.0 g/mol. The molecule has 3 heteroatoms. The molecular formula is C4H8NO2. The third-order valence-corrected chi connectivity index (χ3v) is 0.357. The van der Waals surface area contributed by atoms with Gasteiger partial charge in [0.05, 0.1) is 0 Å². The van der Waals surface area contributed by atoms with Crippen LogP contribution in [0.25, 0.3) is 0 Å². The standard InChI is InChI=1S/C4H8NO2/c1-4(2,7)5-3-6/h7H,1-2H3,(H,5,6). The number of aliphatic hydroxyl groups is 1. The van der Waals surface area contributed by atoms with Crippen LogP contribution >= 0.6 is 0 Å². The highest BCUT2D eigenvalue weighted by Gasteiger charge is 2.07. The lowest BCUT2D eigenvalue weighted by Gasteiger charge is -2.13. The van der Waals surface area contributed by atoms with Crippen LogP contribution in [-0.4, -0.2) is 17.2 Å². The first kappa shape index (κ1) is 6.43. The van der Waals surface area contributed by atoms with E-state index in [4.69, 9.17) is 5.11 Å². The van der Waals surface area contributed by atoms with E-state index in [0.717, 1.165) is 0 Å². The van der Waals surface area contributed by atoms with Crippen LogP contribution in [0.4, 0.5) is 0 Å². The molecule has 1 amide bonds. The molecule has 0 saturated heterocycles. The molecule has 0 aliphatic carbocycles. The fraction of sp³-hybridized carbons (Fsp3) is 0.750. The number of rotatable bonds is 2. The number of amides is 1. The van der Waals surface area contributed by atoms with E-state index in [-0.39, 0.29) is 0 Å². The van der Waals surface area contributed by atoms with E-state index < -0.39 is 5.72 Å². The predicted molar refractivity (Wildman–Crippen MR) is 25.1 cm³/mol. The molecule has 0 atom stereocenters. The van der Waals surface area contributed by atoms with Crippen LogP contribution in [0.3, 0.4) is 0 Å². The van der Waals surface area contributed by atoms with Crippen LogP contribution in [-0.2, 0) is 4.79 Å². The van der Waals surface area contributed by atoms with E-state index >= 15 is 0 Å². The lowest BCUT2D eigenvalue weighted by molar-refractivity contribution is 0.0641. The molecule has 7 heavy (non-hydrogen) atoms. The Labute approximate surface area is 42.3 Å². The first-order valence-electron chi connectivity index (χ1n) is 1.93. The van der Waals surface area contributed by atoms with Gasteiger partial charge in [0.25, 0.3) is 0 Å². The molecule has 0 aliphatic rings. The number of hydrogen-bond acceptors (Lipinski definition) is 2. The van der Waals surface area contributed by atoms with Gasteiger partial charge in [-0.05, 0) is 13.8 Å². The Kier molecular flexibility index (Phi) is 1.77. The molecule has 3 nitrogen and oxygen atoms in total. The van der Waals surface area contributed by atoms with Crippen molar-refractivity contribution in [1.29, 1.82) is 0 Å². The molecule has 0 aromatic carbocycles. The minimum atomic E-state index is -1.12. The van der Waals surface area contributed by atoms with Crippen molar-refractivity contribution in [3.63, 3.8) is 0 Å². The van der Waals surface area contributed by atoms with E-state index in [1.165, 1.54) is 20.3 Å². The van der Waals surface area contributed by atoms with E-state index in [1.807, 2.05) is 5.32 Å². The van der Waals surface area contributed by atoms with Gasteiger partial charge < -0.3 is 10.4 Å². The lowest BCUT2D eigenvalue weighted by atomic mass is 10.3. The second kappa shape index (κ2) is 1.93. The quantitative estimate of drug-likeness (QED) is 0.360. The van der Waals surface area contributed by atoms with Gasteiger partial charge in [0.2, 0.25) is 0 Å². The monoisotopic (exact) mass is 102 g/mol. The SMILES string of the molecule is CC(C)(O)N[C]=O. The van der Waals surface area contributed by atoms with Gasteiger partial charge in [0, 0.05) is 0 Å². The normalized spacial score (nSPS) is 10.7. The van der Waals surface area contributed by atoms with Gasteiger partial charge >= 0.3 is 6.41 Å². The third kappa shape index (κ3) is 5.43. The predicted octanol–water partition coefficient (Wildman–Crippen LogP) is -0.628. The Morgan fingerprint density at radius 3 is 2.14 bits per heavy atom. The summed E-state index contributed by atoms with van der Waals surface area (Å²) < 4.78 is 0. The third-order valence-electron chi connectivity index (χ3n) is 0.357. The number of carbonyl (C=O) groups excluding carboxylic acids is 1. The Bertz CT molecular complexity index is 64.6. The van der Waals surface area contributed by atoms with Gasteiger partial charge in [-0.25, -0.2) is 0 Å². The minimum absolute atomic E-state index is 1.12. The molecule has 0 bridgehead atoms. The average Bonchev–Trinajstić information content (AvgIpc) is 1.30. The van der Waals surface area contributed by atoms with E-state index in [9.17, 15) is 4.79 Å². The molecule has 1 radical (unpaired) electrons. The first-order chi connectivity index (χ1) is 3.06. The second-order valence-electron chi connectivity index (χ2n) is 1.79. The van der Waals surface area contributed by atoms with Crippen molar-refractivity contribution < 1.29 is 9.90 Å². The summed E-state index contributed by atoms with van der Waals surface area (Å²) in [5.74, 6) is 0. The Morgan fingerprint density at radius 1 is 1.71 bits per heavy atom. The Hall–Kier alpha value is -0.570. The highest BCUT2D eigenvalue weighted by molar-refractivity contribution is 5.47. The van der Waals surface area contributed by atoms with Crippen LogP contribution in [0.5, 0.6) is 0 Å². The zero-order chi connectivity index (χ0) is 5.91. The maximum Gasteiger partial charge on any atom is 0.311 e. The summed E-state index contributed by atoms with van der Waals surface area (Å²) in [5.41, 5.74) is -1.12. The summed E-state index contributed by atoms with van der Waals surface area (Å²) in [4.78, 5) is 9.42. The van der Waals surface area contributed by atoms with Crippen LogP contribution in [0.1, 0.15) is 13.8 Å². The van der Waals surface area contributed by atoms with Gasteiger partial charge in [-0.2, -0.15) is 0 Å². The topological polar surface area (TPSA) is 49.3 Å². The van der Waals surface area contributed by atoms with Crippen LogP contribution in [0, 0.1) is 0 Å². The van der Waals surface area contributed by atoms with Gasteiger partial charge in [-0.1, -0.05) is 0 Å². The summed E-state index contributed by atoms with van der Waals surface area (Å²) in [6, 6.07) is 0. The minimum Gasteiger partial charge on any atom is -0.372 e. The molecule has 0 aromatic heterocycles. The van der Waals surface area contributed by atoms with Crippen molar-refractivity contribution in [2.75, 3.05) is 0 Å². The van der Waals surface area contributed by atoms with Crippen LogP contribution < -0.4 is 5.32 Å². The molecule has 2 N–H and O–H groups in total. The lowest BCUT2D eigenvalue weighted by Crippen LogP contribution is -2.37. The Morgan fingerprint density at radius 2 is 2.14 bits per heavy atom. The fourth-order valence-electron chi connectivity index (χ4n) is 0.125. The smallest absolute Gasteiger partial charge is 0.311 e. The summed E-state index contributed by atoms with van der Waals surface area (Å²) >= 11 is 0. The summed E-state index contributed by atoms with van der Waals surface area (Å²) in [6.07, 6.45) is 1.36. The van der Waals surface area contributed by atoms with Crippen molar-refractivity contribution in [3.05, 3.63) is 0 Å². The van der Waals surface area contributed by atoms with Crippen molar-refractivity contribution >= 4 is 6.41 Å². The second-order valence-corrected chi connectivity index (χ2v) is 1.79. The van der Waals surface area contributed by atoms with Gasteiger partial charge in [-0.15, -0.1) is 0 Å². The fourth-order valence-corrected chi connectivity index (χ4v) is 0.125. The molecule has 0 fully saturated rings. The van der Waals surface area contributed by atoms with Gasteiger partial charge in [0.1, 0.15) is 5.72 Å². The molecule has 0 heterocycles. The summed E-state index contributed by atoms with van der Waals surface area (Å²) in [5, 5.41) is 10.7. The van der Waals surface area contributed by atoms with Crippen molar-refractivity contribution in [1.82, 2.24) is 5.32 Å². The molecule has 0 unspecified atom stereocenters. The molecule has 0 rings (SSSR count). The van der Waals surface area contributed by atoms with Crippen molar-refractivity contribution in [2.24, 2.45) is 0 Å². The molecule has 0 aromatic rings. The zero-order valence-corrected chi connectivity index (χ0v) is 4.36. The van der Waals surface area contributed by atoms with Crippen LogP contribution in [0.2, 0.25) is 0 Å². The van der Waals surface area contributed by atoms with Crippen molar-refractivity contribution in [3.8, 4) is 0 Å². The average molecular weight is 102 g/mol. The van der Waals surface area contributed by atoms with E-state index in [0.29, 0.717) is 0 Å². The number of hydrogen-bond donors (Lipinski definition) is 2. The van der Waals surface area contributed by atoms with Crippen molar-refractivity contribution in [2.45, 2.75) is 19.6 Å². The molecule has 41 valence electrons. The molecule has 0 spiro atoms.